The van der Waals surface area contributed by atoms with Gasteiger partial charge in [-0.05, 0) is 25.0 Å². The lowest BCUT2D eigenvalue weighted by molar-refractivity contribution is -0.137. The van der Waals surface area contributed by atoms with Crippen LogP contribution in [0.3, 0.4) is 0 Å². The number of aliphatic hydroxyl groups excluding tert-OH is 1. The van der Waals surface area contributed by atoms with Crippen LogP contribution in [0, 0.1) is 13.8 Å². The molecule has 0 saturated carbocycles. The summed E-state index contributed by atoms with van der Waals surface area (Å²) in [6, 6.07) is 6.46. The van der Waals surface area contributed by atoms with Gasteiger partial charge in [-0.2, -0.15) is 0 Å². The van der Waals surface area contributed by atoms with E-state index in [0.717, 1.165) is 19.6 Å². The molecule has 22 heavy (non-hydrogen) atoms. The van der Waals surface area contributed by atoms with E-state index in [-0.39, 0.29) is 6.42 Å². The average Bonchev–Trinajstić information content (AvgIpc) is 2.61. The van der Waals surface area contributed by atoms with Gasteiger partial charge in [0.05, 0.1) is 12.5 Å². The maximum Gasteiger partial charge on any atom is 0.304 e. The molecule has 1 aliphatic heterocycles. The molecule has 5 heteroatoms. The third-order valence-electron chi connectivity index (χ3n) is 4.20. The Kier molecular flexibility index (Phi) is 5.94. The van der Waals surface area contributed by atoms with Crippen LogP contribution in [0.25, 0.3) is 0 Å². The molecule has 1 heterocycles. The van der Waals surface area contributed by atoms with Crippen molar-refractivity contribution in [3.63, 3.8) is 0 Å². The SMILES string of the molecule is Cc1ccc(CN2CCN(CCC(=O)O)C[C@@H](O)C2)c(C)c1. The van der Waals surface area contributed by atoms with Crippen LogP contribution in [0.2, 0.25) is 0 Å². The van der Waals surface area contributed by atoms with Crippen molar-refractivity contribution < 1.29 is 15.0 Å². The first kappa shape index (κ1) is 16.9. The van der Waals surface area contributed by atoms with E-state index in [4.69, 9.17) is 5.11 Å². The van der Waals surface area contributed by atoms with Gasteiger partial charge < -0.3 is 10.2 Å². The molecular weight excluding hydrogens is 280 g/mol. The third kappa shape index (κ3) is 5.09. The van der Waals surface area contributed by atoms with Gasteiger partial charge in [-0.3, -0.25) is 14.6 Å². The van der Waals surface area contributed by atoms with Gasteiger partial charge >= 0.3 is 5.97 Å². The van der Waals surface area contributed by atoms with Crippen molar-refractivity contribution in [2.45, 2.75) is 32.9 Å². The van der Waals surface area contributed by atoms with Crippen LogP contribution >= 0.6 is 0 Å². The summed E-state index contributed by atoms with van der Waals surface area (Å²) in [5.74, 6) is -0.786. The summed E-state index contributed by atoms with van der Waals surface area (Å²) in [6.07, 6.45) is -0.300. The van der Waals surface area contributed by atoms with Gasteiger partial charge in [0.2, 0.25) is 0 Å². The van der Waals surface area contributed by atoms with E-state index in [1.165, 1.54) is 16.7 Å². The molecule has 0 spiro atoms. The number of β-amino-alcohol motifs (C(OH)–C–C–N with tert-alkyl or cyclic N) is 1. The van der Waals surface area contributed by atoms with Crippen molar-refractivity contribution in [2.24, 2.45) is 0 Å². The van der Waals surface area contributed by atoms with E-state index in [1.54, 1.807) is 0 Å². The molecule has 1 aromatic rings. The molecule has 5 nitrogen and oxygen atoms in total. The summed E-state index contributed by atoms with van der Waals surface area (Å²) in [5, 5.41) is 18.9. The number of benzene rings is 1. The Morgan fingerprint density at radius 2 is 1.91 bits per heavy atom. The quantitative estimate of drug-likeness (QED) is 0.857. The number of hydrogen-bond donors (Lipinski definition) is 2. The average molecular weight is 306 g/mol. The third-order valence-corrected chi connectivity index (χ3v) is 4.20. The standard InChI is InChI=1S/C17H26N2O3/c1-13-3-4-15(14(2)9-13)10-19-8-7-18(6-5-17(21)22)11-16(20)12-19/h3-4,9,16,20H,5-8,10-12H2,1-2H3,(H,21,22)/t16-/m1/s1. The minimum Gasteiger partial charge on any atom is -0.481 e. The number of carbonyl (C=O) groups is 1. The minimum atomic E-state index is -0.786. The Balaban J connectivity index is 1.94. The maximum atomic E-state index is 10.7. The molecule has 2 N–H and O–H groups in total. The fraction of sp³-hybridized carbons (Fsp3) is 0.588. The first-order valence-electron chi connectivity index (χ1n) is 7.84. The Morgan fingerprint density at radius 3 is 2.59 bits per heavy atom. The molecule has 1 saturated heterocycles. The second-order valence-corrected chi connectivity index (χ2v) is 6.26. The highest BCUT2D eigenvalue weighted by Crippen LogP contribution is 2.15. The lowest BCUT2D eigenvalue weighted by Gasteiger charge is -2.22. The number of nitrogens with zero attached hydrogens (tertiary/aromatic N) is 2. The Labute approximate surface area is 132 Å². The summed E-state index contributed by atoms with van der Waals surface area (Å²) in [4.78, 5) is 15.0. The van der Waals surface area contributed by atoms with Crippen molar-refractivity contribution in [3.8, 4) is 0 Å². The highest BCUT2D eigenvalue weighted by molar-refractivity contribution is 5.66. The van der Waals surface area contributed by atoms with Gasteiger partial charge in [-0.15, -0.1) is 0 Å². The first-order valence-corrected chi connectivity index (χ1v) is 7.84. The number of hydrogen-bond acceptors (Lipinski definition) is 4. The molecule has 0 radical (unpaired) electrons. The van der Waals surface area contributed by atoms with Crippen molar-refractivity contribution in [1.29, 1.82) is 0 Å². The number of carboxylic acids is 1. The number of aryl methyl sites for hydroxylation is 2. The molecule has 0 aliphatic carbocycles. The Hall–Kier alpha value is -1.43. The molecule has 0 bridgehead atoms. The van der Waals surface area contributed by atoms with Crippen molar-refractivity contribution in [1.82, 2.24) is 9.80 Å². The molecule has 1 fully saturated rings. The second kappa shape index (κ2) is 7.72. The van der Waals surface area contributed by atoms with Crippen LogP contribution in [-0.2, 0) is 11.3 Å². The molecule has 0 amide bonds. The van der Waals surface area contributed by atoms with E-state index < -0.39 is 12.1 Å². The number of aliphatic hydroxyl groups is 1. The Morgan fingerprint density at radius 1 is 1.23 bits per heavy atom. The number of rotatable bonds is 5. The van der Waals surface area contributed by atoms with Crippen molar-refractivity contribution in [2.75, 3.05) is 32.7 Å². The van der Waals surface area contributed by atoms with Crippen LogP contribution in [0.15, 0.2) is 18.2 Å². The normalized spacial score (nSPS) is 20.8. The molecule has 122 valence electrons. The zero-order valence-corrected chi connectivity index (χ0v) is 13.5. The van der Waals surface area contributed by atoms with Gasteiger partial charge in [0.15, 0.2) is 0 Å². The predicted molar refractivity (Wildman–Crippen MR) is 85.9 cm³/mol. The topological polar surface area (TPSA) is 64.0 Å². The first-order chi connectivity index (χ1) is 10.4. The van der Waals surface area contributed by atoms with Crippen LogP contribution < -0.4 is 0 Å². The summed E-state index contributed by atoms with van der Waals surface area (Å²) in [7, 11) is 0. The summed E-state index contributed by atoms with van der Waals surface area (Å²) >= 11 is 0. The van der Waals surface area contributed by atoms with Gasteiger partial charge in [0.1, 0.15) is 0 Å². The van der Waals surface area contributed by atoms with E-state index >= 15 is 0 Å². The number of aliphatic carboxylic acids is 1. The summed E-state index contributed by atoms with van der Waals surface area (Å²) < 4.78 is 0. The highest BCUT2D eigenvalue weighted by atomic mass is 16.4. The minimum absolute atomic E-state index is 0.129. The highest BCUT2D eigenvalue weighted by Gasteiger charge is 2.21. The van der Waals surface area contributed by atoms with Gasteiger partial charge in [-0.25, -0.2) is 0 Å². The van der Waals surface area contributed by atoms with E-state index in [1.807, 2.05) is 4.90 Å². The lowest BCUT2D eigenvalue weighted by Crippen LogP contribution is -2.34. The Bertz CT molecular complexity index is 519. The lowest BCUT2D eigenvalue weighted by atomic mass is 10.1. The maximum absolute atomic E-state index is 10.7. The fourth-order valence-corrected chi connectivity index (χ4v) is 2.98. The number of carboxylic acid groups (broad SMARTS) is 1. The van der Waals surface area contributed by atoms with Crippen molar-refractivity contribution >= 4 is 5.97 Å². The molecule has 1 atom stereocenters. The van der Waals surface area contributed by atoms with Crippen LogP contribution in [0.1, 0.15) is 23.1 Å². The summed E-state index contributed by atoms with van der Waals surface area (Å²) in [6.45, 7) is 8.38. The molecule has 0 aromatic heterocycles. The predicted octanol–water partition coefficient (Wildman–Crippen LogP) is 1.26. The largest absolute Gasteiger partial charge is 0.481 e. The van der Waals surface area contributed by atoms with E-state index in [2.05, 4.69) is 36.9 Å². The van der Waals surface area contributed by atoms with Gasteiger partial charge in [-0.1, -0.05) is 23.8 Å². The fourth-order valence-electron chi connectivity index (χ4n) is 2.98. The smallest absolute Gasteiger partial charge is 0.304 e. The summed E-state index contributed by atoms with van der Waals surface area (Å²) in [5.41, 5.74) is 3.83. The van der Waals surface area contributed by atoms with Gasteiger partial charge in [0.25, 0.3) is 0 Å². The molecular formula is C17H26N2O3. The second-order valence-electron chi connectivity index (χ2n) is 6.26. The van der Waals surface area contributed by atoms with Crippen molar-refractivity contribution in [3.05, 3.63) is 34.9 Å². The van der Waals surface area contributed by atoms with Crippen LogP contribution in [0.5, 0.6) is 0 Å². The van der Waals surface area contributed by atoms with Crippen LogP contribution in [0.4, 0.5) is 0 Å². The molecule has 0 unspecified atom stereocenters. The monoisotopic (exact) mass is 306 g/mol. The zero-order chi connectivity index (χ0) is 16.1. The molecule has 2 rings (SSSR count). The van der Waals surface area contributed by atoms with Gasteiger partial charge in [0, 0.05) is 39.3 Å². The molecule has 1 aromatic carbocycles. The van der Waals surface area contributed by atoms with Crippen LogP contribution in [-0.4, -0.2) is 64.8 Å². The van der Waals surface area contributed by atoms with E-state index in [0.29, 0.717) is 19.6 Å². The molecule has 1 aliphatic rings. The van der Waals surface area contributed by atoms with E-state index in [9.17, 15) is 9.90 Å². The zero-order valence-electron chi connectivity index (χ0n) is 13.5.